The van der Waals surface area contributed by atoms with Crippen LogP contribution in [0.25, 0.3) is 17.1 Å². The van der Waals surface area contributed by atoms with E-state index < -0.39 is 5.25 Å². The Labute approximate surface area is 209 Å². The van der Waals surface area contributed by atoms with Gasteiger partial charge in [0.2, 0.25) is 5.91 Å². The summed E-state index contributed by atoms with van der Waals surface area (Å²) in [5.41, 5.74) is 3.65. The zero-order valence-electron chi connectivity index (χ0n) is 20.2. The molecule has 0 spiro atoms. The highest BCUT2D eigenvalue weighted by Crippen LogP contribution is 2.35. The van der Waals surface area contributed by atoms with Gasteiger partial charge >= 0.3 is 0 Å². The SMILES string of the molecule is CCc1ccc(NC(=O)C(C)Sc2nnc(-c3ccccc3OC)n2-c2ccc(OC)cc2)cc1. The number of aromatic nitrogens is 3. The predicted octanol–water partition coefficient (Wildman–Crippen LogP) is 5.63. The van der Waals surface area contributed by atoms with Crippen LogP contribution in [0, 0.1) is 0 Å². The van der Waals surface area contributed by atoms with Crippen molar-refractivity contribution in [2.24, 2.45) is 0 Å². The number of carbonyl (C=O) groups is 1. The number of amides is 1. The van der Waals surface area contributed by atoms with E-state index in [2.05, 4.69) is 22.4 Å². The van der Waals surface area contributed by atoms with Gasteiger partial charge in [-0.25, -0.2) is 0 Å². The summed E-state index contributed by atoms with van der Waals surface area (Å²) in [4.78, 5) is 13.0. The normalized spacial score (nSPS) is 11.7. The third kappa shape index (κ3) is 5.49. The summed E-state index contributed by atoms with van der Waals surface area (Å²) in [6, 6.07) is 23.2. The number of hydrogen-bond acceptors (Lipinski definition) is 6. The fourth-order valence-corrected chi connectivity index (χ4v) is 4.46. The second-order valence-electron chi connectivity index (χ2n) is 7.84. The number of para-hydroxylation sites is 1. The number of benzene rings is 3. The summed E-state index contributed by atoms with van der Waals surface area (Å²) >= 11 is 1.34. The van der Waals surface area contributed by atoms with E-state index in [1.165, 1.54) is 17.3 Å². The van der Waals surface area contributed by atoms with Crippen LogP contribution in [0.1, 0.15) is 19.4 Å². The van der Waals surface area contributed by atoms with E-state index >= 15 is 0 Å². The van der Waals surface area contributed by atoms with Crippen molar-refractivity contribution in [3.63, 3.8) is 0 Å². The van der Waals surface area contributed by atoms with Gasteiger partial charge in [0.15, 0.2) is 11.0 Å². The molecule has 1 N–H and O–H groups in total. The molecule has 0 fully saturated rings. The minimum Gasteiger partial charge on any atom is -0.497 e. The summed E-state index contributed by atoms with van der Waals surface area (Å²) < 4.78 is 12.8. The van der Waals surface area contributed by atoms with Gasteiger partial charge in [0.25, 0.3) is 0 Å². The lowest BCUT2D eigenvalue weighted by Gasteiger charge is -2.15. The molecule has 0 aliphatic rings. The highest BCUT2D eigenvalue weighted by atomic mass is 32.2. The zero-order valence-corrected chi connectivity index (χ0v) is 21.0. The molecule has 1 aromatic heterocycles. The molecule has 7 nitrogen and oxygen atoms in total. The second kappa shape index (κ2) is 11.1. The van der Waals surface area contributed by atoms with E-state index in [1.807, 2.05) is 84.3 Å². The fourth-order valence-electron chi connectivity index (χ4n) is 3.59. The molecule has 0 aliphatic heterocycles. The molecule has 1 heterocycles. The number of nitrogens with zero attached hydrogens (tertiary/aromatic N) is 3. The average molecular weight is 489 g/mol. The number of rotatable bonds is 9. The van der Waals surface area contributed by atoms with Gasteiger partial charge in [0.05, 0.1) is 30.7 Å². The van der Waals surface area contributed by atoms with Crippen molar-refractivity contribution in [2.75, 3.05) is 19.5 Å². The van der Waals surface area contributed by atoms with Crippen LogP contribution in [0.2, 0.25) is 0 Å². The largest absolute Gasteiger partial charge is 0.497 e. The molecule has 0 saturated carbocycles. The van der Waals surface area contributed by atoms with Gasteiger partial charge in [0, 0.05) is 5.69 Å². The molecule has 0 radical (unpaired) electrons. The maximum Gasteiger partial charge on any atom is 0.237 e. The molecule has 1 amide bonds. The number of aryl methyl sites for hydroxylation is 1. The van der Waals surface area contributed by atoms with Crippen molar-refractivity contribution in [1.29, 1.82) is 0 Å². The molecule has 4 aromatic rings. The summed E-state index contributed by atoms with van der Waals surface area (Å²) in [7, 11) is 3.26. The Hall–Kier alpha value is -3.78. The lowest BCUT2D eigenvalue weighted by molar-refractivity contribution is -0.115. The van der Waals surface area contributed by atoms with Crippen LogP contribution in [0.15, 0.2) is 78.0 Å². The Balaban J connectivity index is 1.65. The molecule has 4 rings (SSSR count). The van der Waals surface area contributed by atoms with Crippen molar-refractivity contribution in [3.05, 3.63) is 78.4 Å². The van der Waals surface area contributed by atoms with Crippen LogP contribution in [0.5, 0.6) is 11.5 Å². The molecular weight excluding hydrogens is 460 g/mol. The first kappa shape index (κ1) is 24.3. The van der Waals surface area contributed by atoms with Crippen LogP contribution in [-0.2, 0) is 11.2 Å². The molecule has 35 heavy (non-hydrogen) atoms. The Morgan fingerprint density at radius 2 is 1.69 bits per heavy atom. The number of hydrogen-bond donors (Lipinski definition) is 1. The van der Waals surface area contributed by atoms with Crippen molar-refractivity contribution in [2.45, 2.75) is 30.7 Å². The van der Waals surface area contributed by atoms with E-state index in [-0.39, 0.29) is 5.91 Å². The predicted molar refractivity (Wildman–Crippen MR) is 140 cm³/mol. The molecule has 3 aromatic carbocycles. The minimum atomic E-state index is -0.410. The van der Waals surface area contributed by atoms with Crippen LogP contribution in [0.4, 0.5) is 5.69 Å². The molecule has 8 heteroatoms. The average Bonchev–Trinajstić information content (AvgIpc) is 3.32. The first-order valence-corrected chi connectivity index (χ1v) is 12.2. The van der Waals surface area contributed by atoms with Crippen molar-refractivity contribution in [1.82, 2.24) is 14.8 Å². The smallest absolute Gasteiger partial charge is 0.237 e. The summed E-state index contributed by atoms with van der Waals surface area (Å²) in [5, 5.41) is 12.1. The fraction of sp³-hybridized carbons (Fsp3) is 0.222. The molecule has 1 unspecified atom stereocenters. The van der Waals surface area contributed by atoms with Gasteiger partial charge in [-0.1, -0.05) is 43.0 Å². The van der Waals surface area contributed by atoms with Crippen LogP contribution < -0.4 is 14.8 Å². The first-order valence-electron chi connectivity index (χ1n) is 11.3. The lowest BCUT2D eigenvalue weighted by Crippen LogP contribution is -2.22. The summed E-state index contributed by atoms with van der Waals surface area (Å²) in [6.45, 7) is 3.96. The van der Waals surface area contributed by atoms with Gasteiger partial charge in [-0.2, -0.15) is 0 Å². The highest BCUT2D eigenvalue weighted by Gasteiger charge is 2.23. The maximum atomic E-state index is 13.0. The number of anilines is 1. The number of carbonyl (C=O) groups excluding carboxylic acids is 1. The van der Waals surface area contributed by atoms with Crippen molar-refractivity contribution < 1.29 is 14.3 Å². The van der Waals surface area contributed by atoms with Crippen LogP contribution in [0.3, 0.4) is 0 Å². The van der Waals surface area contributed by atoms with Crippen LogP contribution in [-0.4, -0.2) is 40.1 Å². The number of ether oxygens (including phenoxy) is 2. The van der Waals surface area contributed by atoms with E-state index in [9.17, 15) is 4.79 Å². The van der Waals surface area contributed by atoms with Gasteiger partial charge in [-0.05, 0) is 67.4 Å². The molecule has 1 atom stereocenters. The van der Waals surface area contributed by atoms with Crippen molar-refractivity contribution in [3.8, 4) is 28.6 Å². The van der Waals surface area contributed by atoms with Gasteiger partial charge < -0.3 is 14.8 Å². The van der Waals surface area contributed by atoms with Gasteiger partial charge in [0.1, 0.15) is 11.5 Å². The first-order chi connectivity index (χ1) is 17.0. The van der Waals surface area contributed by atoms with E-state index in [4.69, 9.17) is 9.47 Å². The number of nitrogens with one attached hydrogen (secondary N) is 1. The lowest BCUT2D eigenvalue weighted by atomic mass is 10.1. The summed E-state index contributed by atoms with van der Waals surface area (Å²) in [5.74, 6) is 1.95. The van der Waals surface area contributed by atoms with Gasteiger partial charge in [-0.3, -0.25) is 9.36 Å². The Kier molecular flexibility index (Phi) is 7.72. The Morgan fingerprint density at radius 1 is 0.971 bits per heavy atom. The maximum absolute atomic E-state index is 13.0. The summed E-state index contributed by atoms with van der Waals surface area (Å²) in [6.07, 6.45) is 0.954. The molecule has 180 valence electrons. The topological polar surface area (TPSA) is 78.3 Å². The monoisotopic (exact) mass is 488 g/mol. The van der Waals surface area contributed by atoms with E-state index in [0.29, 0.717) is 16.7 Å². The standard InChI is InChI=1S/C27H28N4O3S/c1-5-19-10-12-20(13-11-19)28-26(32)18(2)35-27-30-29-25(23-8-6-7-9-24(23)34-4)31(27)21-14-16-22(33-3)17-15-21/h6-18H,5H2,1-4H3,(H,28,32). The minimum absolute atomic E-state index is 0.109. The molecule has 0 bridgehead atoms. The number of thioether (sulfide) groups is 1. The third-order valence-corrected chi connectivity index (χ3v) is 6.64. The third-order valence-electron chi connectivity index (χ3n) is 5.59. The van der Waals surface area contributed by atoms with Crippen molar-refractivity contribution >= 4 is 23.4 Å². The molecular formula is C27H28N4O3S. The molecule has 0 aliphatic carbocycles. The zero-order chi connectivity index (χ0) is 24.8. The second-order valence-corrected chi connectivity index (χ2v) is 9.15. The van der Waals surface area contributed by atoms with Gasteiger partial charge in [-0.15, -0.1) is 10.2 Å². The van der Waals surface area contributed by atoms with E-state index in [1.54, 1.807) is 14.2 Å². The quantitative estimate of drug-likeness (QED) is 0.308. The molecule has 0 saturated heterocycles. The van der Waals surface area contributed by atoms with Crippen LogP contribution >= 0.6 is 11.8 Å². The van der Waals surface area contributed by atoms with E-state index in [0.717, 1.165) is 29.1 Å². The number of methoxy groups -OCH3 is 2. The Bertz CT molecular complexity index is 1290. The Morgan fingerprint density at radius 3 is 2.34 bits per heavy atom. The highest BCUT2D eigenvalue weighted by molar-refractivity contribution is 8.00.